The van der Waals surface area contributed by atoms with Crippen molar-refractivity contribution in [2.45, 2.75) is 12.5 Å². The van der Waals surface area contributed by atoms with Gasteiger partial charge in [-0.3, -0.25) is 29.9 Å². The SMILES string of the molecule is O=C(NN[C@@H]1CC(=O)N(c2ccc(Cl)cc2)C1=O)c1cccc([N+](=O)[O-])c1. The number of amides is 3. The summed E-state index contributed by atoms with van der Waals surface area (Å²) in [5.41, 5.74) is 5.01. The number of non-ortho nitro benzene ring substituents is 1. The van der Waals surface area contributed by atoms with Crippen molar-refractivity contribution >= 4 is 40.7 Å². The summed E-state index contributed by atoms with van der Waals surface area (Å²) in [4.78, 5) is 47.9. The summed E-state index contributed by atoms with van der Waals surface area (Å²) in [5, 5.41) is 11.2. The Morgan fingerprint density at radius 3 is 2.56 bits per heavy atom. The number of carbonyl (C=O) groups is 3. The molecule has 0 saturated carbocycles. The molecule has 1 heterocycles. The van der Waals surface area contributed by atoms with Gasteiger partial charge in [0.05, 0.1) is 17.0 Å². The van der Waals surface area contributed by atoms with Crippen LogP contribution in [-0.2, 0) is 9.59 Å². The van der Waals surface area contributed by atoms with Crippen LogP contribution in [0.3, 0.4) is 0 Å². The molecule has 0 unspecified atom stereocenters. The fourth-order valence-corrected chi connectivity index (χ4v) is 2.72. The van der Waals surface area contributed by atoms with Gasteiger partial charge in [-0.15, -0.1) is 0 Å². The second kappa shape index (κ2) is 7.52. The number of nitrogens with zero attached hydrogens (tertiary/aromatic N) is 2. The maximum absolute atomic E-state index is 12.5. The highest BCUT2D eigenvalue weighted by atomic mass is 35.5. The molecule has 1 atom stereocenters. The van der Waals surface area contributed by atoms with Crippen LogP contribution in [0.2, 0.25) is 5.02 Å². The van der Waals surface area contributed by atoms with E-state index >= 15 is 0 Å². The van der Waals surface area contributed by atoms with Crippen molar-refractivity contribution in [3.8, 4) is 0 Å². The summed E-state index contributed by atoms with van der Waals surface area (Å²) in [6.45, 7) is 0. The molecule has 9 nitrogen and oxygen atoms in total. The number of imide groups is 1. The second-order valence-electron chi connectivity index (χ2n) is 5.71. The van der Waals surface area contributed by atoms with Crippen LogP contribution < -0.4 is 15.8 Å². The Balaban J connectivity index is 1.66. The monoisotopic (exact) mass is 388 g/mol. The molecule has 1 aliphatic heterocycles. The van der Waals surface area contributed by atoms with Crippen LogP contribution in [0.1, 0.15) is 16.8 Å². The Labute approximate surface area is 158 Å². The maximum atomic E-state index is 12.5. The van der Waals surface area contributed by atoms with Crippen LogP contribution in [0.5, 0.6) is 0 Å². The van der Waals surface area contributed by atoms with E-state index in [4.69, 9.17) is 11.6 Å². The molecule has 3 amide bonds. The number of hydrogen-bond acceptors (Lipinski definition) is 6. The van der Waals surface area contributed by atoms with Gasteiger partial charge in [0, 0.05) is 22.7 Å². The number of nitro benzene ring substituents is 1. The Morgan fingerprint density at radius 1 is 1.19 bits per heavy atom. The molecule has 2 aromatic rings. The van der Waals surface area contributed by atoms with E-state index in [1.165, 1.54) is 18.2 Å². The maximum Gasteiger partial charge on any atom is 0.270 e. The molecule has 27 heavy (non-hydrogen) atoms. The Bertz CT molecular complexity index is 931. The molecule has 0 spiro atoms. The fourth-order valence-electron chi connectivity index (χ4n) is 2.59. The van der Waals surface area contributed by atoms with E-state index in [0.717, 1.165) is 11.0 Å². The van der Waals surface area contributed by atoms with Crippen LogP contribution in [-0.4, -0.2) is 28.7 Å². The zero-order valence-corrected chi connectivity index (χ0v) is 14.5. The highest BCUT2D eigenvalue weighted by Crippen LogP contribution is 2.24. The number of hydrogen-bond donors (Lipinski definition) is 2. The van der Waals surface area contributed by atoms with Gasteiger partial charge in [0.25, 0.3) is 17.5 Å². The molecule has 138 valence electrons. The summed E-state index contributed by atoms with van der Waals surface area (Å²) in [6, 6.07) is 10.4. The number of carbonyl (C=O) groups excluding carboxylic acids is 3. The average Bonchev–Trinajstić information content (AvgIpc) is 2.94. The van der Waals surface area contributed by atoms with Gasteiger partial charge in [-0.1, -0.05) is 17.7 Å². The normalized spacial score (nSPS) is 16.5. The number of anilines is 1. The summed E-state index contributed by atoms with van der Waals surface area (Å²) >= 11 is 5.80. The molecule has 0 bridgehead atoms. The van der Waals surface area contributed by atoms with E-state index in [1.54, 1.807) is 24.3 Å². The number of halogens is 1. The Morgan fingerprint density at radius 2 is 1.89 bits per heavy atom. The van der Waals surface area contributed by atoms with E-state index in [0.29, 0.717) is 10.7 Å². The van der Waals surface area contributed by atoms with E-state index in [9.17, 15) is 24.5 Å². The van der Waals surface area contributed by atoms with Crippen LogP contribution in [0.4, 0.5) is 11.4 Å². The lowest BCUT2D eigenvalue weighted by Gasteiger charge is -2.16. The fraction of sp³-hybridized carbons (Fsp3) is 0.118. The van der Waals surface area contributed by atoms with Crippen LogP contribution in [0.25, 0.3) is 0 Å². The predicted molar refractivity (Wildman–Crippen MR) is 96.0 cm³/mol. The average molecular weight is 389 g/mol. The van der Waals surface area contributed by atoms with E-state index in [-0.39, 0.29) is 17.7 Å². The molecule has 3 rings (SSSR count). The van der Waals surface area contributed by atoms with Gasteiger partial charge in [-0.25, -0.2) is 10.3 Å². The molecule has 1 saturated heterocycles. The summed E-state index contributed by atoms with van der Waals surface area (Å²) in [6.07, 6.45) is -0.142. The van der Waals surface area contributed by atoms with Gasteiger partial charge in [0.1, 0.15) is 6.04 Å². The molecule has 2 N–H and O–H groups in total. The van der Waals surface area contributed by atoms with Crippen LogP contribution >= 0.6 is 11.6 Å². The second-order valence-corrected chi connectivity index (χ2v) is 6.14. The third-order valence-corrected chi connectivity index (χ3v) is 4.16. The van der Waals surface area contributed by atoms with Crippen LogP contribution in [0, 0.1) is 10.1 Å². The molecule has 1 fully saturated rings. The first kappa shape index (κ1) is 18.5. The first-order valence-corrected chi connectivity index (χ1v) is 8.17. The van der Waals surface area contributed by atoms with Crippen molar-refractivity contribution in [3.05, 3.63) is 69.2 Å². The molecule has 10 heteroatoms. The van der Waals surface area contributed by atoms with E-state index in [2.05, 4.69) is 10.9 Å². The van der Waals surface area contributed by atoms with Crippen LogP contribution in [0.15, 0.2) is 48.5 Å². The van der Waals surface area contributed by atoms with Crippen molar-refractivity contribution < 1.29 is 19.3 Å². The summed E-state index contributed by atoms with van der Waals surface area (Å²) in [7, 11) is 0. The molecule has 0 aromatic heterocycles. The minimum absolute atomic E-state index is 0.0445. The smallest absolute Gasteiger partial charge is 0.270 e. The topological polar surface area (TPSA) is 122 Å². The van der Waals surface area contributed by atoms with E-state index in [1.807, 2.05) is 0 Å². The highest BCUT2D eigenvalue weighted by Gasteiger charge is 2.39. The molecule has 0 aliphatic carbocycles. The van der Waals surface area contributed by atoms with Gasteiger partial charge in [-0.05, 0) is 30.3 Å². The molecule has 0 radical (unpaired) electrons. The summed E-state index contributed by atoms with van der Waals surface area (Å²) < 4.78 is 0. The number of hydrazine groups is 1. The quantitative estimate of drug-likeness (QED) is 0.457. The molecular formula is C17H13ClN4O5. The first-order valence-electron chi connectivity index (χ1n) is 7.79. The molecular weight excluding hydrogens is 376 g/mol. The highest BCUT2D eigenvalue weighted by molar-refractivity contribution is 6.30. The lowest BCUT2D eigenvalue weighted by molar-refractivity contribution is -0.384. The van der Waals surface area contributed by atoms with Crippen molar-refractivity contribution in [2.24, 2.45) is 0 Å². The van der Waals surface area contributed by atoms with Gasteiger partial charge in [0.15, 0.2) is 0 Å². The third-order valence-electron chi connectivity index (χ3n) is 3.91. The molecule has 1 aliphatic rings. The van der Waals surface area contributed by atoms with Gasteiger partial charge in [-0.2, -0.15) is 0 Å². The summed E-state index contributed by atoms with van der Waals surface area (Å²) in [5.74, 6) is -1.62. The van der Waals surface area contributed by atoms with Crippen molar-refractivity contribution in [1.29, 1.82) is 0 Å². The van der Waals surface area contributed by atoms with Crippen molar-refractivity contribution in [1.82, 2.24) is 10.9 Å². The van der Waals surface area contributed by atoms with E-state index < -0.39 is 28.7 Å². The Hall–Kier alpha value is -3.30. The zero-order chi connectivity index (χ0) is 19.6. The lowest BCUT2D eigenvalue weighted by atomic mass is 10.2. The van der Waals surface area contributed by atoms with Gasteiger partial charge in [0.2, 0.25) is 5.91 Å². The van der Waals surface area contributed by atoms with Crippen molar-refractivity contribution in [3.63, 3.8) is 0 Å². The third kappa shape index (κ3) is 3.94. The first-order chi connectivity index (χ1) is 12.9. The number of nitro groups is 1. The van der Waals surface area contributed by atoms with Gasteiger partial charge < -0.3 is 0 Å². The number of benzene rings is 2. The predicted octanol–water partition coefficient (Wildman–Crippen LogP) is 1.81. The molecule has 2 aromatic carbocycles. The Kier molecular flexibility index (Phi) is 5.15. The number of rotatable bonds is 5. The van der Waals surface area contributed by atoms with Gasteiger partial charge >= 0.3 is 0 Å². The minimum atomic E-state index is -0.948. The standard InChI is InChI=1S/C17H13ClN4O5/c18-11-4-6-12(7-5-11)21-15(23)9-14(17(21)25)19-20-16(24)10-2-1-3-13(8-10)22(26)27/h1-8,14,19H,9H2,(H,20,24)/t14-/m1/s1. The van der Waals surface area contributed by atoms with Crippen molar-refractivity contribution in [2.75, 3.05) is 4.90 Å². The zero-order valence-electron chi connectivity index (χ0n) is 13.7. The minimum Gasteiger partial charge on any atom is -0.287 e. The largest absolute Gasteiger partial charge is 0.287 e. The lowest BCUT2D eigenvalue weighted by Crippen LogP contribution is -2.48. The number of nitrogens with one attached hydrogen (secondary N) is 2.